The van der Waals surface area contributed by atoms with Gasteiger partial charge in [0.1, 0.15) is 0 Å². The Balaban J connectivity index is 2.68. The molecule has 0 radical (unpaired) electrons. The molecule has 0 spiro atoms. The first-order valence-electron chi connectivity index (χ1n) is 5.79. The van der Waals surface area contributed by atoms with E-state index >= 15 is 0 Å². The van der Waals surface area contributed by atoms with Gasteiger partial charge in [0.15, 0.2) is 0 Å². The summed E-state index contributed by atoms with van der Waals surface area (Å²) in [6.45, 7) is 1.88. The van der Waals surface area contributed by atoms with E-state index in [1.165, 1.54) is 12.1 Å². The third-order valence-electron chi connectivity index (χ3n) is 2.67. The fourth-order valence-corrected chi connectivity index (χ4v) is 1.76. The largest absolute Gasteiger partial charge is 0.478 e. The van der Waals surface area contributed by atoms with Gasteiger partial charge in [-0.3, -0.25) is 4.79 Å². The van der Waals surface area contributed by atoms with Gasteiger partial charge in [-0.05, 0) is 47.5 Å². The van der Waals surface area contributed by atoms with E-state index < -0.39 is 5.97 Å². The number of carbonyl (C=O) groups is 2. The van der Waals surface area contributed by atoms with E-state index in [2.05, 4.69) is 21.2 Å². The van der Waals surface area contributed by atoms with E-state index in [-0.39, 0.29) is 17.6 Å². The minimum Gasteiger partial charge on any atom is -0.478 e. The van der Waals surface area contributed by atoms with Gasteiger partial charge in [0, 0.05) is 18.0 Å². The van der Waals surface area contributed by atoms with Crippen LogP contribution in [0.4, 0.5) is 5.69 Å². The molecule has 104 valence electrons. The summed E-state index contributed by atoms with van der Waals surface area (Å²) in [4.78, 5) is 22.6. The fraction of sp³-hybridized carbons (Fsp3) is 0.385. The Labute approximate surface area is 120 Å². The van der Waals surface area contributed by atoms with Gasteiger partial charge < -0.3 is 15.2 Å². The maximum absolute atomic E-state index is 11.7. The molecule has 0 heterocycles. The van der Waals surface area contributed by atoms with Crippen molar-refractivity contribution >= 4 is 33.5 Å². The number of nitrogens with one attached hydrogen (secondary N) is 1. The lowest BCUT2D eigenvalue weighted by molar-refractivity contribution is -0.116. The zero-order valence-electron chi connectivity index (χ0n) is 10.8. The number of carbonyl (C=O) groups excluding carboxylic acids is 1. The average molecular weight is 330 g/mol. The van der Waals surface area contributed by atoms with Crippen LogP contribution >= 0.6 is 15.9 Å². The average Bonchev–Trinajstić information content (AvgIpc) is 2.38. The number of anilines is 1. The summed E-state index contributed by atoms with van der Waals surface area (Å²) in [5.74, 6) is -1.21. The lowest BCUT2D eigenvalue weighted by Gasteiger charge is -2.11. The molecule has 0 aliphatic heterocycles. The molecule has 2 N–H and O–H groups in total. The van der Waals surface area contributed by atoms with Crippen LogP contribution in [0.2, 0.25) is 0 Å². The molecule has 0 bridgehead atoms. The van der Waals surface area contributed by atoms with Gasteiger partial charge >= 0.3 is 5.97 Å². The van der Waals surface area contributed by atoms with Crippen LogP contribution in [-0.4, -0.2) is 30.2 Å². The molecule has 0 saturated heterocycles. The van der Waals surface area contributed by atoms with Crippen molar-refractivity contribution in [2.24, 2.45) is 0 Å². The van der Waals surface area contributed by atoms with Gasteiger partial charge in [0.2, 0.25) is 5.91 Å². The van der Waals surface area contributed by atoms with Gasteiger partial charge in [0.05, 0.1) is 17.4 Å². The quantitative estimate of drug-likeness (QED) is 0.841. The highest BCUT2D eigenvalue weighted by Crippen LogP contribution is 2.24. The van der Waals surface area contributed by atoms with Crippen molar-refractivity contribution in [3.63, 3.8) is 0 Å². The molecule has 1 aromatic carbocycles. The van der Waals surface area contributed by atoms with Crippen molar-refractivity contribution in [1.29, 1.82) is 0 Å². The minimum absolute atomic E-state index is 0.0135. The van der Waals surface area contributed by atoms with E-state index in [0.717, 1.165) is 0 Å². The molecule has 19 heavy (non-hydrogen) atoms. The Kier molecular flexibility index (Phi) is 5.98. The van der Waals surface area contributed by atoms with Crippen LogP contribution in [0.5, 0.6) is 0 Å². The maximum atomic E-state index is 11.7. The van der Waals surface area contributed by atoms with Gasteiger partial charge in [0.25, 0.3) is 0 Å². The van der Waals surface area contributed by atoms with Crippen molar-refractivity contribution in [3.8, 4) is 0 Å². The van der Waals surface area contributed by atoms with Crippen LogP contribution in [0, 0.1) is 0 Å². The number of halogens is 1. The molecule has 6 heteroatoms. The Morgan fingerprint density at radius 1 is 1.47 bits per heavy atom. The molecule has 0 saturated carbocycles. The zero-order valence-corrected chi connectivity index (χ0v) is 12.4. The number of rotatable bonds is 6. The summed E-state index contributed by atoms with van der Waals surface area (Å²) >= 11 is 3.27. The number of methoxy groups -OCH3 is 1. The second-order valence-corrected chi connectivity index (χ2v) is 4.99. The smallest absolute Gasteiger partial charge is 0.335 e. The Morgan fingerprint density at radius 3 is 2.74 bits per heavy atom. The highest BCUT2D eigenvalue weighted by atomic mass is 79.9. The predicted molar refractivity (Wildman–Crippen MR) is 75.4 cm³/mol. The molecule has 1 amide bonds. The van der Waals surface area contributed by atoms with E-state index in [1.54, 1.807) is 13.2 Å². The zero-order chi connectivity index (χ0) is 14.4. The van der Waals surface area contributed by atoms with Crippen molar-refractivity contribution in [3.05, 3.63) is 28.2 Å². The van der Waals surface area contributed by atoms with Gasteiger partial charge in [-0.2, -0.15) is 0 Å². The van der Waals surface area contributed by atoms with Crippen molar-refractivity contribution in [2.45, 2.75) is 25.9 Å². The number of benzene rings is 1. The Morgan fingerprint density at radius 2 is 2.16 bits per heavy atom. The first kappa shape index (κ1) is 15.7. The molecule has 0 fully saturated rings. The highest BCUT2D eigenvalue weighted by Gasteiger charge is 2.11. The first-order valence-corrected chi connectivity index (χ1v) is 6.58. The monoisotopic (exact) mass is 329 g/mol. The van der Waals surface area contributed by atoms with Gasteiger partial charge in [-0.1, -0.05) is 0 Å². The maximum Gasteiger partial charge on any atom is 0.335 e. The molecule has 1 rings (SSSR count). The first-order chi connectivity index (χ1) is 8.93. The minimum atomic E-state index is -1.03. The van der Waals surface area contributed by atoms with E-state index in [4.69, 9.17) is 9.84 Å². The predicted octanol–water partition coefficient (Wildman–Crippen LogP) is 2.90. The van der Waals surface area contributed by atoms with E-state index in [1.807, 2.05) is 6.92 Å². The number of aromatic carboxylic acids is 1. The van der Waals surface area contributed by atoms with Crippen LogP contribution in [0.25, 0.3) is 0 Å². The topological polar surface area (TPSA) is 75.6 Å². The summed E-state index contributed by atoms with van der Waals surface area (Å²) in [7, 11) is 1.59. The molecule has 1 atom stereocenters. The number of hydrogen-bond acceptors (Lipinski definition) is 3. The standard InChI is InChI=1S/C13H16BrNO4/c1-8(19-2)3-6-12(16)15-11-7-9(13(17)18)4-5-10(11)14/h4-5,7-8H,3,6H2,1-2H3,(H,15,16)(H,17,18). The number of carboxylic acids is 1. The van der Waals surface area contributed by atoms with Gasteiger partial charge in [-0.25, -0.2) is 4.79 Å². The summed E-state index contributed by atoms with van der Waals surface area (Å²) < 4.78 is 5.70. The summed E-state index contributed by atoms with van der Waals surface area (Å²) in [6, 6.07) is 4.48. The Hall–Kier alpha value is -1.40. The second-order valence-electron chi connectivity index (χ2n) is 4.13. The third kappa shape index (κ3) is 5.00. The second kappa shape index (κ2) is 7.25. The molecule has 5 nitrogen and oxygen atoms in total. The molecular formula is C13H16BrNO4. The van der Waals surface area contributed by atoms with Crippen LogP contribution in [-0.2, 0) is 9.53 Å². The number of ether oxygens (including phenoxy) is 1. The van der Waals surface area contributed by atoms with Crippen LogP contribution in [0.1, 0.15) is 30.1 Å². The van der Waals surface area contributed by atoms with Crippen molar-refractivity contribution in [1.82, 2.24) is 0 Å². The summed E-state index contributed by atoms with van der Waals surface area (Å²) in [5, 5.41) is 11.6. The third-order valence-corrected chi connectivity index (χ3v) is 3.36. The number of hydrogen-bond donors (Lipinski definition) is 2. The molecule has 0 aliphatic carbocycles. The van der Waals surface area contributed by atoms with Gasteiger partial charge in [-0.15, -0.1) is 0 Å². The number of amides is 1. The molecule has 1 unspecified atom stereocenters. The van der Waals surface area contributed by atoms with E-state index in [9.17, 15) is 9.59 Å². The number of carboxylic acid groups (broad SMARTS) is 1. The molecular weight excluding hydrogens is 314 g/mol. The van der Waals surface area contributed by atoms with Crippen molar-refractivity contribution in [2.75, 3.05) is 12.4 Å². The van der Waals surface area contributed by atoms with E-state index in [0.29, 0.717) is 23.0 Å². The normalized spacial score (nSPS) is 11.9. The van der Waals surface area contributed by atoms with Crippen LogP contribution in [0.15, 0.2) is 22.7 Å². The van der Waals surface area contributed by atoms with Crippen molar-refractivity contribution < 1.29 is 19.4 Å². The summed E-state index contributed by atoms with van der Waals surface area (Å²) in [6.07, 6.45) is 0.941. The lowest BCUT2D eigenvalue weighted by atomic mass is 10.2. The highest BCUT2D eigenvalue weighted by molar-refractivity contribution is 9.10. The van der Waals surface area contributed by atoms with Crippen LogP contribution in [0.3, 0.4) is 0 Å². The SMILES string of the molecule is COC(C)CCC(=O)Nc1cc(C(=O)O)ccc1Br. The molecule has 0 aromatic heterocycles. The Bertz CT molecular complexity index is 476. The molecule has 1 aromatic rings. The molecule has 0 aliphatic rings. The summed E-state index contributed by atoms with van der Waals surface area (Å²) in [5.41, 5.74) is 0.582. The fourth-order valence-electron chi connectivity index (χ4n) is 1.42. The lowest BCUT2D eigenvalue weighted by Crippen LogP contribution is -2.15. The van der Waals surface area contributed by atoms with Crippen LogP contribution < -0.4 is 5.32 Å².